The van der Waals surface area contributed by atoms with Gasteiger partial charge in [0, 0.05) is 25.7 Å². The van der Waals surface area contributed by atoms with Crippen molar-refractivity contribution in [3.63, 3.8) is 0 Å². The fourth-order valence-electron chi connectivity index (χ4n) is 2.77. The third-order valence-corrected chi connectivity index (χ3v) is 4.02. The molecule has 1 fully saturated rings. The highest BCUT2D eigenvalue weighted by molar-refractivity contribution is 5.74. The lowest BCUT2D eigenvalue weighted by atomic mass is 10.0. The van der Waals surface area contributed by atoms with Crippen molar-refractivity contribution < 1.29 is 9.90 Å². The number of likely N-dealkylation sites (tertiary alicyclic amines) is 1. The second-order valence-electron chi connectivity index (χ2n) is 6.17. The second-order valence-corrected chi connectivity index (χ2v) is 6.17. The third kappa shape index (κ3) is 6.09. The summed E-state index contributed by atoms with van der Waals surface area (Å²) in [6, 6.07) is -0.0636. The van der Waals surface area contributed by atoms with Crippen LogP contribution in [0.25, 0.3) is 0 Å². The number of carbonyl (C=O) groups excluding carboxylic acids is 1. The predicted octanol–water partition coefficient (Wildman–Crippen LogP) is 1.42. The number of hydrogen-bond donors (Lipinski definition) is 3. The summed E-state index contributed by atoms with van der Waals surface area (Å²) < 4.78 is 0. The molecule has 0 bridgehead atoms. The normalized spacial score (nSPS) is 21.1. The molecule has 1 aliphatic rings. The molecule has 0 aromatic heterocycles. The smallest absolute Gasteiger partial charge is 0.315 e. The van der Waals surface area contributed by atoms with Crippen molar-refractivity contribution in [3.05, 3.63) is 0 Å². The van der Waals surface area contributed by atoms with Gasteiger partial charge in [-0.3, -0.25) is 0 Å². The van der Waals surface area contributed by atoms with Crippen molar-refractivity contribution in [1.29, 1.82) is 0 Å². The monoisotopic (exact) mass is 285 g/mol. The standard InChI is InChI=1S/C15H31N3O2/c1-4-7-18-8-5-13(11-18)10-16-15(20)17-14(6-9-19)12(2)3/h12-14,19H,4-11H2,1-3H3,(H2,16,17,20). The number of rotatable bonds is 8. The zero-order valence-electron chi connectivity index (χ0n) is 13.2. The zero-order chi connectivity index (χ0) is 15.0. The van der Waals surface area contributed by atoms with Crippen molar-refractivity contribution in [3.8, 4) is 0 Å². The lowest BCUT2D eigenvalue weighted by molar-refractivity contribution is 0.217. The van der Waals surface area contributed by atoms with Gasteiger partial charge in [0.25, 0.3) is 0 Å². The Morgan fingerprint density at radius 3 is 2.80 bits per heavy atom. The average Bonchev–Trinajstić information content (AvgIpc) is 2.84. The molecule has 118 valence electrons. The highest BCUT2D eigenvalue weighted by atomic mass is 16.3. The molecule has 0 aliphatic carbocycles. The summed E-state index contributed by atoms with van der Waals surface area (Å²) in [5.74, 6) is 0.905. The lowest BCUT2D eigenvalue weighted by Gasteiger charge is -2.22. The summed E-state index contributed by atoms with van der Waals surface area (Å²) in [4.78, 5) is 14.3. The number of amides is 2. The van der Waals surface area contributed by atoms with Crippen molar-refractivity contribution in [2.75, 3.05) is 32.8 Å². The van der Waals surface area contributed by atoms with E-state index in [0.717, 1.165) is 26.2 Å². The number of urea groups is 1. The van der Waals surface area contributed by atoms with Gasteiger partial charge in [-0.25, -0.2) is 4.79 Å². The van der Waals surface area contributed by atoms with E-state index in [1.54, 1.807) is 0 Å². The number of carbonyl (C=O) groups is 1. The zero-order valence-corrected chi connectivity index (χ0v) is 13.2. The molecule has 1 heterocycles. The maximum absolute atomic E-state index is 11.9. The summed E-state index contributed by atoms with van der Waals surface area (Å²) in [7, 11) is 0. The predicted molar refractivity (Wildman–Crippen MR) is 81.7 cm³/mol. The molecule has 0 radical (unpaired) electrons. The Hall–Kier alpha value is -0.810. The minimum absolute atomic E-state index is 0.0418. The van der Waals surface area contributed by atoms with Crippen molar-refractivity contribution in [1.82, 2.24) is 15.5 Å². The van der Waals surface area contributed by atoms with Gasteiger partial charge in [0.1, 0.15) is 0 Å². The Labute approximate surface area is 123 Å². The Morgan fingerprint density at radius 1 is 1.45 bits per heavy atom. The molecule has 0 saturated carbocycles. The third-order valence-electron chi connectivity index (χ3n) is 4.02. The van der Waals surface area contributed by atoms with E-state index in [2.05, 4.69) is 36.3 Å². The van der Waals surface area contributed by atoms with Crippen molar-refractivity contribution in [2.45, 2.75) is 46.1 Å². The lowest BCUT2D eigenvalue weighted by Crippen LogP contribution is -2.46. The van der Waals surface area contributed by atoms with Gasteiger partial charge in [0.2, 0.25) is 0 Å². The van der Waals surface area contributed by atoms with Gasteiger partial charge in [-0.2, -0.15) is 0 Å². The van der Waals surface area contributed by atoms with Crippen molar-refractivity contribution in [2.24, 2.45) is 11.8 Å². The highest BCUT2D eigenvalue weighted by Gasteiger charge is 2.22. The Balaban J connectivity index is 2.22. The van der Waals surface area contributed by atoms with Gasteiger partial charge in [-0.1, -0.05) is 20.8 Å². The van der Waals surface area contributed by atoms with E-state index in [1.165, 1.54) is 12.8 Å². The van der Waals surface area contributed by atoms with Gasteiger partial charge >= 0.3 is 6.03 Å². The van der Waals surface area contributed by atoms with Crippen LogP contribution in [0.4, 0.5) is 4.79 Å². The molecule has 3 N–H and O–H groups in total. The maximum Gasteiger partial charge on any atom is 0.315 e. The topological polar surface area (TPSA) is 64.6 Å². The van der Waals surface area contributed by atoms with Crippen LogP contribution in [-0.4, -0.2) is 54.9 Å². The first kappa shape index (κ1) is 17.2. The number of aliphatic hydroxyl groups is 1. The van der Waals surface area contributed by atoms with Crippen LogP contribution in [0.5, 0.6) is 0 Å². The molecular weight excluding hydrogens is 254 g/mol. The van der Waals surface area contributed by atoms with Gasteiger partial charge in [0.15, 0.2) is 0 Å². The molecule has 2 unspecified atom stereocenters. The molecule has 0 aromatic rings. The van der Waals surface area contributed by atoms with Crippen molar-refractivity contribution >= 4 is 6.03 Å². The SMILES string of the molecule is CCCN1CCC(CNC(=O)NC(CCO)C(C)C)C1. The van der Waals surface area contributed by atoms with Crippen LogP contribution < -0.4 is 10.6 Å². The molecule has 5 heteroatoms. The van der Waals surface area contributed by atoms with E-state index in [9.17, 15) is 4.79 Å². The van der Waals surface area contributed by atoms with Crippen LogP contribution in [0, 0.1) is 11.8 Å². The molecule has 1 saturated heterocycles. The van der Waals surface area contributed by atoms with E-state index in [4.69, 9.17) is 5.11 Å². The Kier molecular flexibility index (Phi) is 7.92. The van der Waals surface area contributed by atoms with Crippen LogP contribution in [0.1, 0.15) is 40.0 Å². The molecule has 20 heavy (non-hydrogen) atoms. The van der Waals surface area contributed by atoms with Crippen LogP contribution >= 0.6 is 0 Å². The molecule has 5 nitrogen and oxygen atoms in total. The molecular formula is C15H31N3O2. The van der Waals surface area contributed by atoms with E-state index in [-0.39, 0.29) is 18.7 Å². The van der Waals surface area contributed by atoms with Gasteiger partial charge < -0.3 is 20.6 Å². The largest absolute Gasteiger partial charge is 0.396 e. The molecule has 1 aliphatic heterocycles. The Bertz CT molecular complexity index is 284. The minimum atomic E-state index is -0.105. The molecule has 2 amide bonds. The van der Waals surface area contributed by atoms with Gasteiger partial charge in [-0.05, 0) is 44.2 Å². The van der Waals surface area contributed by atoms with Crippen LogP contribution in [-0.2, 0) is 0 Å². The van der Waals surface area contributed by atoms with Gasteiger partial charge in [-0.15, -0.1) is 0 Å². The summed E-state index contributed by atoms with van der Waals surface area (Å²) in [6.45, 7) is 10.6. The molecule has 0 aromatic carbocycles. The van der Waals surface area contributed by atoms with E-state index < -0.39 is 0 Å². The second kappa shape index (κ2) is 9.19. The van der Waals surface area contributed by atoms with E-state index >= 15 is 0 Å². The van der Waals surface area contributed by atoms with Gasteiger partial charge in [0.05, 0.1) is 0 Å². The van der Waals surface area contributed by atoms with Crippen LogP contribution in [0.2, 0.25) is 0 Å². The number of nitrogens with one attached hydrogen (secondary N) is 2. The number of aliphatic hydroxyl groups excluding tert-OH is 1. The first-order valence-electron chi connectivity index (χ1n) is 7.94. The highest BCUT2D eigenvalue weighted by Crippen LogP contribution is 2.15. The Morgan fingerprint density at radius 2 is 2.20 bits per heavy atom. The summed E-state index contributed by atoms with van der Waals surface area (Å²) in [6.07, 6.45) is 2.97. The average molecular weight is 285 g/mol. The number of nitrogens with zero attached hydrogens (tertiary/aromatic N) is 1. The fraction of sp³-hybridized carbons (Fsp3) is 0.933. The summed E-state index contributed by atoms with van der Waals surface area (Å²) >= 11 is 0. The summed E-state index contributed by atoms with van der Waals surface area (Å²) in [5.41, 5.74) is 0. The van der Waals surface area contributed by atoms with Crippen LogP contribution in [0.15, 0.2) is 0 Å². The fourth-order valence-corrected chi connectivity index (χ4v) is 2.77. The first-order chi connectivity index (χ1) is 9.56. The molecule has 2 atom stereocenters. The number of hydrogen-bond acceptors (Lipinski definition) is 3. The molecule has 1 rings (SSSR count). The van der Waals surface area contributed by atoms with E-state index in [0.29, 0.717) is 18.3 Å². The minimum Gasteiger partial charge on any atom is -0.396 e. The quantitative estimate of drug-likeness (QED) is 0.632. The summed E-state index contributed by atoms with van der Waals surface area (Å²) in [5, 5.41) is 14.9. The van der Waals surface area contributed by atoms with E-state index in [1.807, 2.05) is 0 Å². The molecule has 0 spiro atoms. The van der Waals surface area contributed by atoms with Crippen LogP contribution in [0.3, 0.4) is 0 Å². The maximum atomic E-state index is 11.9. The first-order valence-corrected chi connectivity index (χ1v) is 7.94.